The summed E-state index contributed by atoms with van der Waals surface area (Å²) >= 11 is 0. The molecular weight excluding hydrogens is 138 g/mol. The maximum absolute atomic E-state index is 11.3. The van der Waals surface area contributed by atoms with E-state index in [1.165, 1.54) is 12.8 Å². The third kappa shape index (κ3) is 2.62. The molecule has 64 valence electrons. The topological polar surface area (TPSA) is 29.1 Å². The summed E-state index contributed by atoms with van der Waals surface area (Å²) in [5, 5.41) is 3.29. The average molecular weight is 155 g/mol. The fourth-order valence-corrected chi connectivity index (χ4v) is 1.58. The molecule has 1 aliphatic rings. The molecule has 2 heteroatoms. The van der Waals surface area contributed by atoms with Crippen LogP contribution >= 0.6 is 0 Å². The molecule has 0 radical (unpaired) electrons. The zero-order valence-corrected chi connectivity index (χ0v) is 7.23. The van der Waals surface area contributed by atoms with Gasteiger partial charge >= 0.3 is 0 Å². The molecule has 1 atom stereocenters. The van der Waals surface area contributed by atoms with Gasteiger partial charge in [0.25, 0.3) is 0 Å². The molecule has 11 heavy (non-hydrogen) atoms. The van der Waals surface area contributed by atoms with Crippen LogP contribution in [0, 0.1) is 5.92 Å². The van der Waals surface area contributed by atoms with E-state index in [-0.39, 0.29) is 0 Å². The minimum absolute atomic E-state index is 0.308. The number of hydrogen-bond acceptors (Lipinski definition) is 2. The Morgan fingerprint density at radius 3 is 3.09 bits per heavy atom. The fourth-order valence-electron chi connectivity index (χ4n) is 1.58. The van der Waals surface area contributed by atoms with Gasteiger partial charge in [-0.25, -0.2) is 0 Å². The van der Waals surface area contributed by atoms with Gasteiger partial charge in [-0.05, 0) is 19.4 Å². The molecule has 1 unspecified atom stereocenters. The van der Waals surface area contributed by atoms with Crippen LogP contribution in [0.3, 0.4) is 0 Å². The van der Waals surface area contributed by atoms with E-state index in [1.807, 2.05) is 6.92 Å². The maximum atomic E-state index is 11.3. The third-order valence-corrected chi connectivity index (χ3v) is 2.35. The quantitative estimate of drug-likeness (QED) is 0.652. The standard InChI is InChI=1S/C9H17NO/c1-2-9(11)8-5-3-4-6-10-7-8/h8,10H,2-7H2,1H3. The van der Waals surface area contributed by atoms with Crippen LogP contribution in [0.5, 0.6) is 0 Å². The summed E-state index contributed by atoms with van der Waals surface area (Å²) in [4.78, 5) is 11.3. The molecule has 1 rings (SSSR count). The Labute approximate surface area is 68.4 Å². The zero-order chi connectivity index (χ0) is 8.10. The molecule has 2 nitrogen and oxygen atoms in total. The van der Waals surface area contributed by atoms with Crippen LogP contribution in [0.25, 0.3) is 0 Å². The second-order valence-corrected chi connectivity index (χ2v) is 3.22. The highest BCUT2D eigenvalue weighted by atomic mass is 16.1. The number of nitrogens with one attached hydrogen (secondary N) is 1. The summed E-state index contributed by atoms with van der Waals surface area (Å²) in [6.07, 6.45) is 4.24. The predicted octanol–water partition coefficient (Wildman–Crippen LogP) is 1.36. The molecule has 0 aromatic heterocycles. The highest BCUT2D eigenvalue weighted by Gasteiger charge is 2.17. The molecule has 0 aromatic carbocycles. The largest absolute Gasteiger partial charge is 0.316 e. The van der Waals surface area contributed by atoms with Gasteiger partial charge in [-0.3, -0.25) is 4.79 Å². The van der Waals surface area contributed by atoms with Gasteiger partial charge in [-0.1, -0.05) is 13.3 Å². The Morgan fingerprint density at radius 1 is 1.55 bits per heavy atom. The van der Waals surface area contributed by atoms with Gasteiger partial charge in [0, 0.05) is 18.9 Å². The first kappa shape index (κ1) is 8.72. The molecule has 1 aliphatic heterocycles. The summed E-state index contributed by atoms with van der Waals surface area (Å²) in [6.45, 7) is 3.95. The average Bonchev–Trinajstić information content (AvgIpc) is 2.30. The second-order valence-electron chi connectivity index (χ2n) is 3.22. The van der Waals surface area contributed by atoms with Crippen LogP contribution in [0.2, 0.25) is 0 Å². The third-order valence-electron chi connectivity index (χ3n) is 2.35. The van der Waals surface area contributed by atoms with Crippen LogP contribution < -0.4 is 5.32 Å². The normalized spacial score (nSPS) is 26.1. The molecule has 1 heterocycles. The van der Waals surface area contributed by atoms with E-state index in [9.17, 15) is 4.79 Å². The molecule has 0 aromatic rings. The minimum Gasteiger partial charge on any atom is -0.316 e. The van der Waals surface area contributed by atoms with Crippen LogP contribution in [0.15, 0.2) is 0 Å². The van der Waals surface area contributed by atoms with Crippen LogP contribution in [0.1, 0.15) is 32.6 Å². The van der Waals surface area contributed by atoms with Gasteiger partial charge in [-0.15, -0.1) is 0 Å². The van der Waals surface area contributed by atoms with Crippen LogP contribution in [-0.2, 0) is 4.79 Å². The van der Waals surface area contributed by atoms with Gasteiger partial charge in [0.1, 0.15) is 5.78 Å². The monoisotopic (exact) mass is 155 g/mol. The lowest BCUT2D eigenvalue weighted by atomic mass is 9.97. The first-order chi connectivity index (χ1) is 5.34. The van der Waals surface area contributed by atoms with Crippen molar-refractivity contribution in [2.75, 3.05) is 13.1 Å². The Balaban J connectivity index is 2.36. The predicted molar refractivity (Wildman–Crippen MR) is 45.5 cm³/mol. The molecule has 0 saturated carbocycles. The van der Waals surface area contributed by atoms with Crippen molar-refractivity contribution >= 4 is 5.78 Å². The van der Waals surface area contributed by atoms with Gasteiger partial charge in [0.05, 0.1) is 0 Å². The highest BCUT2D eigenvalue weighted by molar-refractivity contribution is 5.80. The molecular formula is C9H17NO. The summed E-state index contributed by atoms with van der Waals surface area (Å²) in [5.74, 6) is 0.738. The number of rotatable bonds is 2. The number of ketones is 1. The summed E-state index contributed by atoms with van der Waals surface area (Å²) in [7, 11) is 0. The van der Waals surface area contributed by atoms with Crippen molar-refractivity contribution in [3.63, 3.8) is 0 Å². The SMILES string of the molecule is CCC(=O)C1CCCCNC1. The molecule has 0 amide bonds. The molecule has 0 spiro atoms. The van der Waals surface area contributed by atoms with Crippen molar-refractivity contribution in [3.05, 3.63) is 0 Å². The summed E-state index contributed by atoms with van der Waals surface area (Å²) in [6, 6.07) is 0. The van der Waals surface area contributed by atoms with E-state index in [1.54, 1.807) is 0 Å². The first-order valence-electron chi connectivity index (χ1n) is 4.58. The van der Waals surface area contributed by atoms with E-state index >= 15 is 0 Å². The van der Waals surface area contributed by atoms with E-state index in [0.717, 1.165) is 19.5 Å². The van der Waals surface area contributed by atoms with E-state index in [0.29, 0.717) is 18.1 Å². The van der Waals surface area contributed by atoms with Gasteiger partial charge < -0.3 is 5.32 Å². The van der Waals surface area contributed by atoms with Gasteiger partial charge in [-0.2, -0.15) is 0 Å². The maximum Gasteiger partial charge on any atom is 0.136 e. The lowest BCUT2D eigenvalue weighted by Crippen LogP contribution is -2.26. The molecule has 1 saturated heterocycles. The van der Waals surface area contributed by atoms with E-state index < -0.39 is 0 Å². The molecule has 0 bridgehead atoms. The van der Waals surface area contributed by atoms with Crippen molar-refractivity contribution in [2.45, 2.75) is 32.6 Å². The lowest BCUT2D eigenvalue weighted by Gasteiger charge is -2.10. The van der Waals surface area contributed by atoms with E-state index in [2.05, 4.69) is 5.32 Å². The fraction of sp³-hybridized carbons (Fsp3) is 0.889. The Morgan fingerprint density at radius 2 is 2.36 bits per heavy atom. The second kappa shape index (κ2) is 4.50. The molecule has 0 aliphatic carbocycles. The van der Waals surface area contributed by atoms with Crippen molar-refractivity contribution in [3.8, 4) is 0 Å². The van der Waals surface area contributed by atoms with Crippen molar-refractivity contribution in [1.29, 1.82) is 0 Å². The van der Waals surface area contributed by atoms with Crippen molar-refractivity contribution < 1.29 is 4.79 Å². The lowest BCUT2D eigenvalue weighted by molar-refractivity contribution is -0.122. The smallest absolute Gasteiger partial charge is 0.136 e. The Hall–Kier alpha value is -0.370. The number of carbonyl (C=O) groups excluding carboxylic acids is 1. The summed E-state index contributed by atoms with van der Waals surface area (Å²) < 4.78 is 0. The van der Waals surface area contributed by atoms with Crippen molar-refractivity contribution in [1.82, 2.24) is 5.32 Å². The van der Waals surface area contributed by atoms with Crippen LogP contribution in [0.4, 0.5) is 0 Å². The number of Topliss-reactive ketones (excluding diaryl/α,β-unsaturated/α-hetero) is 1. The Kier molecular flexibility index (Phi) is 3.57. The van der Waals surface area contributed by atoms with E-state index in [4.69, 9.17) is 0 Å². The minimum atomic E-state index is 0.308. The number of hydrogen-bond donors (Lipinski definition) is 1. The molecule has 1 N–H and O–H groups in total. The first-order valence-corrected chi connectivity index (χ1v) is 4.58. The van der Waals surface area contributed by atoms with Gasteiger partial charge in [0.15, 0.2) is 0 Å². The van der Waals surface area contributed by atoms with Crippen molar-refractivity contribution in [2.24, 2.45) is 5.92 Å². The zero-order valence-electron chi connectivity index (χ0n) is 7.23. The number of carbonyl (C=O) groups is 1. The summed E-state index contributed by atoms with van der Waals surface area (Å²) in [5.41, 5.74) is 0. The molecule has 1 fully saturated rings. The van der Waals surface area contributed by atoms with Gasteiger partial charge in [0.2, 0.25) is 0 Å². The Bertz CT molecular complexity index is 126. The van der Waals surface area contributed by atoms with Crippen LogP contribution in [-0.4, -0.2) is 18.9 Å². The highest BCUT2D eigenvalue weighted by Crippen LogP contribution is 2.13.